The summed E-state index contributed by atoms with van der Waals surface area (Å²) >= 11 is 0. The van der Waals surface area contributed by atoms with Gasteiger partial charge >= 0.3 is 5.97 Å². The fraction of sp³-hybridized carbons (Fsp3) is 0.259. The van der Waals surface area contributed by atoms with Gasteiger partial charge < -0.3 is 21.1 Å². The van der Waals surface area contributed by atoms with Crippen molar-refractivity contribution in [2.75, 3.05) is 6.16 Å². The zero-order chi connectivity index (χ0) is 25.3. The van der Waals surface area contributed by atoms with E-state index < -0.39 is 37.0 Å². The summed E-state index contributed by atoms with van der Waals surface area (Å²) in [5.41, 5.74) is 8.53. The molecule has 3 rings (SSSR count). The van der Waals surface area contributed by atoms with E-state index in [0.717, 1.165) is 16.7 Å². The molecule has 0 aromatic heterocycles. The van der Waals surface area contributed by atoms with Gasteiger partial charge in [0, 0.05) is 12.6 Å². The zero-order valence-electron chi connectivity index (χ0n) is 19.8. The lowest BCUT2D eigenvalue weighted by Crippen LogP contribution is -2.46. The smallest absolute Gasteiger partial charge is 0.326 e. The molecule has 0 bridgehead atoms. The maximum Gasteiger partial charge on any atom is 0.326 e. The molecule has 1 amide bonds. The van der Waals surface area contributed by atoms with E-state index in [1.54, 1.807) is 24.3 Å². The summed E-state index contributed by atoms with van der Waals surface area (Å²) in [6, 6.07) is 26.1. The summed E-state index contributed by atoms with van der Waals surface area (Å²) in [7, 11) is -3.96. The first-order valence-corrected chi connectivity index (χ1v) is 13.4. The third-order valence-electron chi connectivity index (χ3n) is 5.88. The molecule has 7 nitrogen and oxygen atoms in total. The van der Waals surface area contributed by atoms with Gasteiger partial charge in [-0.1, -0.05) is 91.0 Å². The van der Waals surface area contributed by atoms with Crippen LogP contribution in [0.5, 0.6) is 0 Å². The molecule has 0 aliphatic rings. The van der Waals surface area contributed by atoms with Crippen LogP contribution in [0, 0.1) is 5.92 Å². The van der Waals surface area contributed by atoms with E-state index in [-0.39, 0.29) is 37.8 Å². The van der Waals surface area contributed by atoms with Gasteiger partial charge in [0.05, 0.1) is 11.7 Å². The van der Waals surface area contributed by atoms with Crippen LogP contribution in [0.15, 0.2) is 91.0 Å². The Hall–Kier alpha value is -2.96. The van der Waals surface area contributed by atoms with Crippen LogP contribution >= 0.6 is 19.8 Å². The van der Waals surface area contributed by atoms with E-state index in [2.05, 4.69) is 5.32 Å². The van der Waals surface area contributed by atoms with Crippen molar-refractivity contribution in [1.82, 2.24) is 5.32 Å². The van der Waals surface area contributed by atoms with Gasteiger partial charge in [0.25, 0.3) is 0 Å². The number of rotatable bonds is 12. The zero-order valence-corrected chi connectivity index (χ0v) is 21.5. The van der Waals surface area contributed by atoms with Crippen molar-refractivity contribution in [3.8, 4) is 0 Å². The maximum absolute atomic E-state index is 13.3. The number of halogens is 1. The number of carbonyl (C=O) groups excluding carboxylic acids is 1. The van der Waals surface area contributed by atoms with Gasteiger partial charge in [-0.15, -0.1) is 12.4 Å². The van der Waals surface area contributed by atoms with Crippen LogP contribution in [0.3, 0.4) is 0 Å². The van der Waals surface area contributed by atoms with Crippen LogP contribution in [0.1, 0.15) is 16.7 Å². The molecular formula is C27H32ClN2O5P. The molecule has 0 heterocycles. The minimum absolute atomic E-state index is 0. The second-order valence-corrected chi connectivity index (χ2v) is 11.2. The number of benzene rings is 3. The molecular weight excluding hydrogens is 499 g/mol. The van der Waals surface area contributed by atoms with Crippen LogP contribution in [0.25, 0.3) is 0 Å². The highest BCUT2D eigenvalue weighted by atomic mass is 35.5. The van der Waals surface area contributed by atoms with E-state index in [1.807, 2.05) is 66.7 Å². The Labute approximate surface area is 217 Å². The first-order chi connectivity index (χ1) is 16.7. The van der Waals surface area contributed by atoms with E-state index in [4.69, 9.17) is 5.73 Å². The fourth-order valence-electron chi connectivity index (χ4n) is 3.93. The molecule has 192 valence electrons. The summed E-state index contributed by atoms with van der Waals surface area (Å²) in [4.78, 5) is 36.0. The number of aliphatic carboxylic acids is 1. The van der Waals surface area contributed by atoms with Crippen molar-refractivity contribution in [1.29, 1.82) is 0 Å². The molecule has 36 heavy (non-hydrogen) atoms. The Bertz CT molecular complexity index is 1150. The van der Waals surface area contributed by atoms with Crippen molar-refractivity contribution in [3.63, 3.8) is 0 Å². The lowest BCUT2D eigenvalue weighted by Gasteiger charge is -2.25. The van der Waals surface area contributed by atoms with Crippen LogP contribution in [-0.4, -0.2) is 39.9 Å². The number of nitrogens with one attached hydrogen (secondary N) is 1. The second-order valence-electron chi connectivity index (χ2n) is 8.67. The summed E-state index contributed by atoms with van der Waals surface area (Å²) < 4.78 is 13.3. The normalized spacial score (nSPS) is 14.9. The molecule has 4 unspecified atom stereocenters. The molecule has 4 atom stereocenters. The van der Waals surface area contributed by atoms with Crippen molar-refractivity contribution >= 4 is 31.7 Å². The number of carbonyl (C=O) groups is 2. The molecule has 5 N–H and O–H groups in total. The predicted molar refractivity (Wildman–Crippen MR) is 143 cm³/mol. The van der Waals surface area contributed by atoms with Crippen molar-refractivity contribution < 1.29 is 24.2 Å². The first kappa shape index (κ1) is 29.3. The number of amides is 1. The lowest BCUT2D eigenvalue weighted by molar-refractivity contribution is -0.142. The minimum atomic E-state index is -3.96. The Morgan fingerprint density at radius 2 is 1.19 bits per heavy atom. The first-order valence-electron chi connectivity index (χ1n) is 11.5. The predicted octanol–water partition coefficient (Wildman–Crippen LogP) is 3.88. The number of nitrogens with two attached hydrogens (primary N) is 1. The Morgan fingerprint density at radius 1 is 0.778 bits per heavy atom. The highest BCUT2D eigenvalue weighted by Crippen LogP contribution is 2.47. The maximum atomic E-state index is 13.3. The van der Waals surface area contributed by atoms with Crippen molar-refractivity contribution in [3.05, 3.63) is 108 Å². The molecule has 0 aliphatic carbocycles. The van der Waals surface area contributed by atoms with E-state index in [1.165, 1.54) is 0 Å². The lowest BCUT2D eigenvalue weighted by atomic mass is 9.99. The van der Waals surface area contributed by atoms with Gasteiger partial charge in [-0.25, -0.2) is 4.79 Å². The summed E-state index contributed by atoms with van der Waals surface area (Å²) in [5, 5.41) is 12.3. The highest BCUT2D eigenvalue weighted by Gasteiger charge is 2.35. The highest BCUT2D eigenvalue weighted by molar-refractivity contribution is 7.58. The third-order valence-corrected chi connectivity index (χ3v) is 8.06. The molecule has 3 aromatic rings. The Kier molecular flexibility index (Phi) is 11.3. The SMILES string of the molecule is Cl.NC(Cc1ccccc1)P(=O)(O)CC(Cc1ccccc1)C(=O)NC(Cc1ccccc1)C(=O)O. The van der Waals surface area contributed by atoms with Gasteiger partial charge in [0.15, 0.2) is 0 Å². The summed E-state index contributed by atoms with van der Waals surface area (Å²) in [6.45, 7) is 0. The number of carboxylic acid groups (broad SMARTS) is 1. The average molecular weight is 531 g/mol. The topological polar surface area (TPSA) is 130 Å². The number of hydrogen-bond acceptors (Lipinski definition) is 4. The quantitative estimate of drug-likeness (QED) is 0.263. The molecule has 3 aromatic carbocycles. The van der Waals surface area contributed by atoms with Gasteiger partial charge in [0.2, 0.25) is 13.3 Å². The van der Waals surface area contributed by atoms with E-state index in [9.17, 15) is 24.2 Å². The minimum Gasteiger partial charge on any atom is -0.480 e. The average Bonchev–Trinajstić information content (AvgIpc) is 2.85. The van der Waals surface area contributed by atoms with Gasteiger partial charge in [0.1, 0.15) is 6.04 Å². The van der Waals surface area contributed by atoms with E-state index >= 15 is 0 Å². The number of carboxylic acids is 1. The second kappa shape index (κ2) is 14.0. The molecule has 0 saturated carbocycles. The van der Waals surface area contributed by atoms with Crippen LogP contribution in [-0.2, 0) is 33.4 Å². The molecule has 0 radical (unpaired) electrons. The fourth-order valence-corrected chi connectivity index (χ4v) is 5.62. The molecule has 0 saturated heterocycles. The Morgan fingerprint density at radius 3 is 1.64 bits per heavy atom. The molecule has 0 spiro atoms. The van der Waals surface area contributed by atoms with Crippen LogP contribution in [0.4, 0.5) is 0 Å². The Balaban J connectivity index is 0.00000456. The summed E-state index contributed by atoms with van der Waals surface area (Å²) in [6.07, 6.45) is 0.136. The van der Waals surface area contributed by atoms with Crippen LogP contribution < -0.4 is 11.1 Å². The van der Waals surface area contributed by atoms with Gasteiger partial charge in [-0.2, -0.15) is 0 Å². The molecule has 0 fully saturated rings. The van der Waals surface area contributed by atoms with Crippen molar-refractivity contribution in [2.45, 2.75) is 31.1 Å². The largest absolute Gasteiger partial charge is 0.480 e. The van der Waals surface area contributed by atoms with E-state index in [0.29, 0.717) is 0 Å². The standard InChI is InChI=1S/C27H31N2O5P.ClH/c28-25(18-22-14-8-3-9-15-22)35(33,34)19-23(16-20-10-4-1-5-11-20)26(30)29-24(27(31)32)17-21-12-6-2-7-13-21;/h1-15,23-25H,16-19,28H2,(H,29,30)(H,31,32)(H,33,34);1H. The monoisotopic (exact) mass is 530 g/mol. The third kappa shape index (κ3) is 8.92. The van der Waals surface area contributed by atoms with Gasteiger partial charge in [-0.05, 0) is 29.5 Å². The number of hydrogen-bond donors (Lipinski definition) is 4. The molecule has 9 heteroatoms. The summed E-state index contributed by atoms with van der Waals surface area (Å²) in [5.74, 6) is -3.73. The van der Waals surface area contributed by atoms with Crippen LogP contribution in [0.2, 0.25) is 0 Å². The van der Waals surface area contributed by atoms with Gasteiger partial charge in [-0.3, -0.25) is 9.36 Å². The molecule has 0 aliphatic heterocycles. The van der Waals surface area contributed by atoms with Crippen molar-refractivity contribution in [2.24, 2.45) is 11.7 Å².